The number of alkyl halides is 1. The van der Waals surface area contributed by atoms with Crippen LogP contribution < -0.4 is 5.32 Å². The summed E-state index contributed by atoms with van der Waals surface area (Å²) in [5, 5.41) is 2.77. The van der Waals surface area contributed by atoms with E-state index in [-0.39, 0.29) is 11.8 Å². The summed E-state index contributed by atoms with van der Waals surface area (Å²) in [6.45, 7) is 0.526. The number of hydrogen-bond acceptors (Lipinski definition) is 2. The minimum Gasteiger partial charge on any atom is -0.323 e. The highest BCUT2D eigenvalue weighted by atomic mass is 35.5. The van der Waals surface area contributed by atoms with Crippen molar-refractivity contribution in [3.8, 4) is 0 Å². The monoisotopic (exact) mass is 266 g/mol. The summed E-state index contributed by atoms with van der Waals surface area (Å²) in [5.41, 5.74) is 2.43. The van der Waals surface area contributed by atoms with E-state index >= 15 is 0 Å². The number of halogens is 1. The molecular weight excluding hydrogens is 252 g/mol. The summed E-state index contributed by atoms with van der Waals surface area (Å²) in [4.78, 5) is 24.9. The van der Waals surface area contributed by atoms with Crippen molar-refractivity contribution in [2.45, 2.75) is 19.4 Å². The SMILES string of the molecule is CN1Cc2cc(C(=O)CCCCl)ccc2NC1=O. The van der Waals surface area contributed by atoms with E-state index in [2.05, 4.69) is 5.32 Å². The van der Waals surface area contributed by atoms with Crippen molar-refractivity contribution in [3.63, 3.8) is 0 Å². The van der Waals surface area contributed by atoms with Crippen LogP contribution in [0, 0.1) is 0 Å². The molecule has 1 aliphatic rings. The number of ketones is 1. The molecule has 1 aromatic rings. The van der Waals surface area contributed by atoms with Crippen LogP contribution in [0.2, 0.25) is 0 Å². The average Bonchev–Trinajstić information content (AvgIpc) is 2.36. The number of carbonyl (C=O) groups is 2. The third-order valence-electron chi connectivity index (χ3n) is 2.96. The summed E-state index contributed by atoms with van der Waals surface area (Å²) < 4.78 is 0. The van der Waals surface area contributed by atoms with E-state index in [1.807, 2.05) is 6.07 Å². The quantitative estimate of drug-likeness (QED) is 0.673. The molecule has 1 N–H and O–H groups in total. The highest BCUT2D eigenvalue weighted by Gasteiger charge is 2.20. The van der Waals surface area contributed by atoms with E-state index in [0.717, 1.165) is 11.3 Å². The lowest BCUT2D eigenvalue weighted by Crippen LogP contribution is -2.35. The molecule has 2 rings (SSSR count). The molecule has 18 heavy (non-hydrogen) atoms. The molecule has 0 bridgehead atoms. The Bertz CT molecular complexity index is 488. The van der Waals surface area contributed by atoms with Crippen LogP contribution in [0.15, 0.2) is 18.2 Å². The number of urea groups is 1. The van der Waals surface area contributed by atoms with Gasteiger partial charge in [-0.15, -0.1) is 11.6 Å². The molecule has 2 amide bonds. The average molecular weight is 267 g/mol. The van der Waals surface area contributed by atoms with Gasteiger partial charge in [0.25, 0.3) is 0 Å². The van der Waals surface area contributed by atoms with Gasteiger partial charge in [-0.3, -0.25) is 4.79 Å². The van der Waals surface area contributed by atoms with E-state index in [4.69, 9.17) is 11.6 Å². The van der Waals surface area contributed by atoms with E-state index in [0.29, 0.717) is 30.8 Å². The van der Waals surface area contributed by atoms with Crippen LogP contribution in [0.3, 0.4) is 0 Å². The third-order valence-corrected chi connectivity index (χ3v) is 3.23. The van der Waals surface area contributed by atoms with Gasteiger partial charge in [-0.2, -0.15) is 0 Å². The van der Waals surface area contributed by atoms with Gasteiger partial charge in [-0.1, -0.05) is 0 Å². The molecular formula is C13H15ClN2O2. The van der Waals surface area contributed by atoms with Gasteiger partial charge in [0.05, 0.1) is 0 Å². The Morgan fingerprint density at radius 2 is 2.28 bits per heavy atom. The number of hydrogen-bond donors (Lipinski definition) is 1. The molecule has 0 spiro atoms. The third kappa shape index (κ3) is 2.64. The summed E-state index contributed by atoms with van der Waals surface area (Å²) >= 11 is 5.58. The van der Waals surface area contributed by atoms with Crippen LogP contribution in [0.4, 0.5) is 10.5 Å². The largest absolute Gasteiger partial charge is 0.323 e. The van der Waals surface area contributed by atoms with Crippen molar-refractivity contribution >= 4 is 29.1 Å². The molecule has 0 saturated heterocycles. The molecule has 0 atom stereocenters. The van der Waals surface area contributed by atoms with E-state index < -0.39 is 0 Å². The second-order valence-electron chi connectivity index (χ2n) is 4.37. The molecule has 5 heteroatoms. The van der Waals surface area contributed by atoms with Crippen molar-refractivity contribution in [1.82, 2.24) is 4.90 Å². The first-order valence-corrected chi connectivity index (χ1v) is 6.39. The first-order valence-electron chi connectivity index (χ1n) is 5.86. The molecule has 0 fully saturated rings. The van der Waals surface area contributed by atoms with E-state index in [1.165, 1.54) is 0 Å². The van der Waals surface area contributed by atoms with Crippen LogP contribution in [0.1, 0.15) is 28.8 Å². The topological polar surface area (TPSA) is 49.4 Å². The minimum atomic E-state index is -0.122. The number of carbonyl (C=O) groups excluding carboxylic acids is 2. The maximum absolute atomic E-state index is 11.9. The minimum absolute atomic E-state index is 0.0954. The first kappa shape index (κ1) is 12.9. The Morgan fingerprint density at radius 1 is 1.50 bits per heavy atom. The van der Waals surface area contributed by atoms with Gasteiger partial charge in [-0.25, -0.2) is 4.79 Å². The normalized spacial score (nSPS) is 14.1. The Labute approximate surface area is 111 Å². The van der Waals surface area contributed by atoms with Crippen LogP contribution in [0.5, 0.6) is 0 Å². The van der Waals surface area contributed by atoms with Crippen LogP contribution in [-0.2, 0) is 6.54 Å². The second kappa shape index (κ2) is 5.40. The molecule has 0 saturated carbocycles. The van der Waals surface area contributed by atoms with Gasteiger partial charge in [0, 0.05) is 37.1 Å². The maximum atomic E-state index is 11.9. The van der Waals surface area contributed by atoms with Gasteiger partial charge >= 0.3 is 6.03 Å². The van der Waals surface area contributed by atoms with E-state index in [9.17, 15) is 9.59 Å². The van der Waals surface area contributed by atoms with Gasteiger partial charge in [0.2, 0.25) is 0 Å². The fourth-order valence-corrected chi connectivity index (χ4v) is 2.06. The highest BCUT2D eigenvalue weighted by molar-refractivity contribution is 6.18. The smallest absolute Gasteiger partial charge is 0.321 e. The van der Waals surface area contributed by atoms with Crippen LogP contribution in [-0.4, -0.2) is 29.6 Å². The molecule has 0 aliphatic carbocycles. The number of Topliss-reactive ketones (excluding diaryl/α,β-unsaturated/α-hetero) is 1. The zero-order chi connectivity index (χ0) is 13.1. The first-order chi connectivity index (χ1) is 8.61. The number of nitrogens with zero attached hydrogens (tertiary/aromatic N) is 1. The van der Waals surface area contributed by atoms with Gasteiger partial charge in [0.1, 0.15) is 0 Å². The molecule has 1 heterocycles. The fraction of sp³-hybridized carbons (Fsp3) is 0.385. The van der Waals surface area contributed by atoms with Crippen LogP contribution >= 0.6 is 11.6 Å². The van der Waals surface area contributed by atoms with Gasteiger partial charge in [0.15, 0.2) is 5.78 Å². The lowest BCUT2D eigenvalue weighted by atomic mass is 10.0. The van der Waals surface area contributed by atoms with E-state index in [1.54, 1.807) is 24.1 Å². The van der Waals surface area contributed by atoms with Crippen molar-refractivity contribution in [3.05, 3.63) is 29.3 Å². The molecule has 0 unspecified atom stereocenters. The Hall–Kier alpha value is -1.55. The molecule has 96 valence electrons. The number of nitrogens with one attached hydrogen (secondary N) is 1. The zero-order valence-electron chi connectivity index (χ0n) is 10.2. The molecule has 4 nitrogen and oxygen atoms in total. The summed E-state index contributed by atoms with van der Waals surface area (Å²) in [6.07, 6.45) is 1.15. The summed E-state index contributed by atoms with van der Waals surface area (Å²) in [5.74, 6) is 0.591. The van der Waals surface area contributed by atoms with Crippen molar-refractivity contribution in [2.24, 2.45) is 0 Å². The lowest BCUT2D eigenvalue weighted by molar-refractivity contribution is 0.0982. The lowest BCUT2D eigenvalue weighted by Gasteiger charge is -2.26. The number of rotatable bonds is 4. The number of fused-ring (bicyclic) bond motifs is 1. The molecule has 0 radical (unpaired) electrons. The fourth-order valence-electron chi connectivity index (χ4n) is 1.93. The van der Waals surface area contributed by atoms with Crippen molar-refractivity contribution in [1.29, 1.82) is 0 Å². The van der Waals surface area contributed by atoms with Gasteiger partial charge < -0.3 is 10.2 Å². The molecule has 1 aromatic carbocycles. The number of anilines is 1. The Balaban J connectivity index is 2.19. The molecule has 0 aromatic heterocycles. The Morgan fingerprint density at radius 3 is 3.00 bits per heavy atom. The Kier molecular flexibility index (Phi) is 3.87. The zero-order valence-corrected chi connectivity index (χ0v) is 11.0. The maximum Gasteiger partial charge on any atom is 0.321 e. The highest BCUT2D eigenvalue weighted by Crippen LogP contribution is 2.24. The van der Waals surface area contributed by atoms with Gasteiger partial charge in [-0.05, 0) is 30.2 Å². The standard InChI is InChI=1S/C13H15ClN2O2/c1-16-8-10-7-9(12(17)3-2-6-14)4-5-11(10)15-13(16)18/h4-5,7H,2-3,6,8H2,1H3,(H,15,18). The second-order valence-corrected chi connectivity index (χ2v) is 4.75. The van der Waals surface area contributed by atoms with Crippen LogP contribution in [0.25, 0.3) is 0 Å². The predicted octanol–water partition coefficient (Wildman–Crippen LogP) is 2.87. The summed E-state index contributed by atoms with van der Waals surface area (Å²) in [7, 11) is 1.72. The summed E-state index contributed by atoms with van der Waals surface area (Å²) in [6, 6.07) is 5.26. The van der Waals surface area contributed by atoms with Crippen molar-refractivity contribution in [2.75, 3.05) is 18.2 Å². The number of amides is 2. The number of benzene rings is 1. The predicted molar refractivity (Wildman–Crippen MR) is 71.2 cm³/mol. The molecule has 1 aliphatic heterocycles. The van der Waals surface area contributed by atoms with Crippen molar-refractivity contribution < 1.29 is 9.59 Å².